The lowest BCUT2D eigenvalue weighted by Crippen LogP contribution is -2.24. The average Bonchev–Trinajstić information content (AvgIpc) is 3.53. The van der Waals surface area contributed by atoms with Crippen LogP contribution in [0.5, 0.6) is 5.75 Å². The molecular weight excluding hydrogens is 442 g/mol. The van der Waals surface area contributed by atoms with Gasteiger partial charge in [0.05, 0.1) is 23.2 Å². The number of fused-ring (bicyclic) bond motifs is 1. The molecule has 4 heterocycles. The lowest BCUT2D eigenvalue weighted by molar-refractivity contribution is 0.190. The van der Waals surface area contributed by atoms with Gasteiger partial charge < -0.3 is 13.8 Å². The highest BCUT2D eigenvalue weighted by molar-refractivity contribution is 7.90. The molecule has 172 valence electrons. The van der Waals surface area contributed by atoms with E-state index in [2.05, 4.69) is 20.0 Å². The van der Waals surface area contributed by atoms with Crippen LogP contribution in [0.3, 0.4) is 0 Å². The van der Waals surface area contributed by atoms with Gasteiger partial charge >= 0.3 is 0 Å². The smallest absolute Gasteiger partial charge is 0.240 e. The van der Waals surface area contributed by atoms with E-state index in [1.807, 2.05) is 35.9 Å². The Morgan fingerprint density at radius 1 is 1.21 bits per heavy atom. The van der Waals surface area contributed by atoms with Crippen LogP contribution >= 0.6 is 0 Å². The van der Waals surface area contributed by atoms with E-state index in [0.717, 1.165) is 48.5 Å². The van der Waals surface area contributed by atoms with Crippen LogP contribution in [-0.2, 0) is 22.8 Å². The van der Waals surface area contributed by atoms with Crippen LogP contribution in [0.2, 0.25) is 0 Å². The van der Waals surface area contributed by atoms with Gasteiger partial charge in [0.1, 0.15) is 17.7 Å². The maximum atomic E-state index is 11.8. The predicted molar refractivity (Wildman–Crippen MR) is 122 cm³/mol. The minimum absolute atomic E-state index is 0.0769. The Bertz CT molecular complexity index is 1380. The monoisotopic (exact) mass is 467 g/mol. The maximum Gasteiger partial charge on any atom is 0.240 e. The molecule has 0 aliphatic carbocycles. The molecule has 1 aliphatic rings. The molecule has 9 nitrogen and oxygen atoms in total. The molecule has 0 saturated carbocycles. The molecule has 1 atom stereocenters. The number of aryl methyl sites for hydroxylation is 1. The maximum absolute atomic E-state index is 11.8. The van der Waals surface area contributed by atoms with Crippen molar-refractivity contribution in [3.05, 3.63) is 60.5 Å². The van der Waals surface area contributed by atoms with Gasteiger partial charge in [-0.15, -0.1) is 0 Å². The van der Waals surface area contributed by atoms with Crippen molar-refractivity contribution < 1.29 is 17.7 Å². The van der Waals surface area contributed by atoms with Gasteiger partial charge in [0.25, 0.3) is 0 Å². The van der Waals surface area contributed by atoms with Crippen molar-refractivity contribution in [2.75, 3.05) is 19.3 Å². The van der Waals surface area contributed by atoms with Crippen molar-refractivity contribution in [2.24, 2.45) is 0 Å². The summed E-state index contributed by atoms with van der Waals surface area (Å²) in [5.41, 5.74) is 0.891. The van der Waals surface area contributed by atoms with Crippen molar-refractivity contribution in [1.29, 1.82) is 0 Å². The number of hydrogen-bond acceptors (Lipinski definition) is 8. The molecule has 1 unspecified atom stereocenters. The second-order valence-corrected chi connectivity index (χ2v) is 10.3. The largest absolute Gasteiger partial charge is 0.487 e. The second kappa shape index (κ2) is 8.60. The Kier molecular flexibility index (Phi) is 5.63. The second-order valence-electron chi connectivity index (χ2n) is 8.25. The van der Waals surface area contributed by atoms with E-state index in [1.54, 1.807) is 24.4 Å². The molecule has 0 amide bonds. The molecule has 1 aliphatic heterocycles. The highest BCUT2D eigenvalue weighted by Gasteiger charge is 2.25. The molecule has 0 radical (unpaired) electrons. The number of sulfone groups is 1. The molecule has 1 aromatic carbocycles. The van der Waals surface area contributed by atoms with E-state index in [-0.39, 0.29) is 6.10 Å². The third kappa shape index (κ3) is 4.62. The van der Waals surface area contributed by atoms with Crippen molar-refractivity contribution >= 4 is 20.7 Å². The van der Waals surface area contributed by atoms with Gasteiger partial charge in [0, 0.05) is 37.3 Å². The van der Waals surface area contributed by atoms with Crippen molar-refractivity contribution in [3.63, 3.8) is 0 Å². The van der Waals surface area contributed by atoms with Crippen molar-refractivity contribution in [2.45, 2.75) is 37.3 Å². The summed E-state index contributed by atoms with van der Waals surface area (Å²) < 4.78 is 37.0. The summed E-state index contributed by atoms with van der Waals surface area (Å²) in [7, 11) is -3.25. The third-order valence-electron chi connectivity index (χ3n) is 5.77. The van der Waals surface area contributed by atoms with Crippen LogP contribution in [0.15, 0.2) is 58.2 Å². The summed E-state index contributed by atoms with van der Waals surface area (Å²) in [6.07, 6.45) is 6.58. The van der Waals surface area contributed by atoms with Crippen LogP contribution in [0.1, 0.15) is 25.1 Å². The fourth-order valence-electron chi connectivity index (χ4n) is 4.05. The van der Waals surface area contributed by atoms with E-state index < -0.39 is 9.84 Å². The highest BCUT2D eigenvalue weighted by Crippen LogP contribution is 2.25. The molecule has 0 bridgehead atoms. The van der Waals surface area contributed by atoms with Gasteiger partial charge in [-0.05, 0) is 42.8 Å². The van der Waals surface area contributed by atoms with Gasteiger partial charge in [-0.25, -0.2) is 13.4 Å². The topological polar surface area (TPSA) is 103 Å². The molecule has 5 rings (SSSR count). The minimum Gasteiger partial charge on any atom is -0.487 e. The van der Waals surface area contributed by atoms with E-state index in [4.69, 9.17) is 9.26 Å². The Morgan fingerprint density at radius 2 is 2.09 bits per heavy atom. The molecule has 33 heavy (non-hydrogen) atoms. The lowest BCUT2D eigenvalue weighted by atomic mass is 10.2. The summed E-state index contributed by atoms with van der Waals surface area (Å²) in [6.45, 7) is 4.33. The molecular formula is C23H25N5O4S. The lowest BCUT2D eigenvalue weighted by Gasteiger charge is -2.15. The Labute approximate surface area is 191 Å². The van der Waals surface area contributed by atoms with Crippen LogP contribution in [0.25, 0.3) is 16.7 Å². The Balaban J connectivity index is 1.24. The van der Waals surface area contributed by atoms with Crippen molar-refractivity contribution in [3.8, 4) is 11.6 Å². The molecule has 1 saturated heterocycles. The standard InChI is InChI=1S/C23H25N5O4S/c1-3-21-25-23(32-26-21)15-27-10-9-18(14-27)31-17-4-7-22(24-13-17)28-11-8-16-12-19(33(2,29)30)5-6-20(16)28/h4-8,11-13,18H,3,9-10,14-15H2,1-2H3. The number of pyridine rings is 1. The van der Waals surface area contributed by atoms with Gasteiger partial charge in [0.2, 0.25) is 5.89 Å². The van der Waals surface area contributed by atoms with E-state index >= 15 is 0 Å². The number of rotatable bonds is 7. The SMILES string of the molecule is CCc1noc(CN2CCC(Oc3ccc(-n4ccc5cc(S(C)(=O)=O)ccc54)nc3)C2)n1. The first-order valence-corrected chi connectivity index (χ1v) is 12.8. The molecule has 1 fully saturated rings. The van der Waals surface area contributed by atoms with E-state index in [0.29, 0.717) is 23.1 Å². The van der Waals surface area contributed by atoms with Crippen LogP contribution in [-0.4, -0.2) is 58.5 Å². The fraction of sp³-hybridized carbons (Fsp3) is 0.348. The zero-order valence-electron chi connectivity index (χ0n) is 18.5. The predicted octanol–water partition coefficient (Wildman–Crippen LogP) is 3.03. The van der Waals surface area contributed by atoms with E-state index in [9.17, 15) is 8.42 Å². The normalized spacial score (nSPS) is 17.1. The summed E-state index contributed by atoms with van der Waals surface area (Å²) in [5, 5.41) is 4.79. The van der Waals surface area contributed by atoms with Gasteiger partial charge in [-0.1, -0.05) is 12.1 Å². The summed E-state index contributed by atoms with van der Waals surface area (Å²) >= 11 is 0. The summed E-state index contributed by atoms with van der Waals surface area (Å²) in [4.78, 5) is 11.5. The van der Waals surface area contributed by atoms with Gasteiger partial charge in [-0.2, -0.15) is 4.98 Å². The summed E-state index contributed by atoms with van der Waals surface area (Å²) in [5.74, 6) is 2.82. The number of likely N-dealkylation sites (tertiary alicyclic amines) is 1. The molecule has 0 spiro atoms. The third-order valence-corrected chi connectivity index (χ3v) is 6.88. The van der Waals surface area contributed by atoms with Crippen molar-refractivity contribution in [1.82, 2.24) is 24.6 Å². The Morgan fingerprint density at radius 3 is 2.82 bits per heavy atom. The van der Waals surface area contributed by atoms with Gasteiger partial charge in [0.15, 0.2) is 15.7 Å². The minimum atomic E-state index is -3.25. The quantitative estimate of drug-likeness (QED) is 0.409. The first kappa shape index (κ1) is 21.6. The zero-order valence-corrected chi connectivity index (χ0v) is 19.3. The van der Waals surface area contributed by atoms with Crippen LogP contribution < -0.4 is 4.74 Å². The summed E-state index contributed by atoms with van der Waals surface area (Å²) in [6, 6.07) is 10.8. The molecule has 0 N–H and O–H groups in total. The molecule has 10 heteroatoms. The number of ether oxygens (including phenoxy) is 1. The molecule has 4 aromatic rings. The average molecular weight is 468 g/mol. The van der Waals surface area contributed by atoms with Gasteiger partial charge in [-0.3, -0.25) is 4.90 Å². The number of nitrogens with zero attached hydrogens (tertiary/aromatic N) is 5. The van der Waals surface area contributed by atoms with Crippen LogP contribution in [0.4, 0.5) is 0 Å². The first-order valence-electron chi connectivity index (χ1n) is 10.9. The Hall–Kier alpha value is -3.24. The highest BCUT2D eigenvalue weighted by atomic mass is 32.2. The molecule has 3 aromatic heterocycles. The number of hydrogen-bond donors (Lipinski definition) is 0. The number of aromatic nitrogens is 4. The first-order chi connectivity index (χ1) is 15.9. The van der Waals surface area contributed by atoms with E-state index in [1.165, 1.54) is 6.26 Å². The zero-order chi connectivity index (χ0) is 23.0. The number of benzene rings is 1. The fourth-order valence-corrected chi connectivity index (χ4v) is 4.71. The van der Waals surface area contributed by atoms with Crippen LogP contribution in [0, 0.1) is 0 Å².